The number of rotatable bonds is 6. The minimum Gasteiger partial charge on any atom is -0.274 e. The van der Waals surface area contributed by atoms with Crippen LogP contribution in [0.3, 0.4) is 0 Å². The second-order valence-corrected chi connectivity index (χ2v) is 11.2. The average Bonchev–Trinajstić information content (AvgIpc) is 3.30. The van der Waals surface area contributed by atoms with E-state index in [2.05, 4.69) is 26.0 Å². The van der Waals surface area contributed by atoms with Crippen LogP contribution in [-0.4, -0.2) is 4.57 Å². The summed E-state index contributed by atoms with van der Waals surface area (Å²) in [7, 11) is 3.50. The summed E-state index contributed by atoms with van der Waals surface area (Å²) in [6.45, 7) is 4.84. The molecule has 0 saturated heterocycles. The first-order valence-electron chi connectivity index (χ1n) is 11.8. The predicted octanol–water partition coefficient (Wildman–Crippen LogP) is 7.75. The first-order chi connectivity index (χ1) is 16.2. The fourth-order valence-corrected chi connectivity index (χ4v) is 8.33. The smallest absolute Gasteiger partial charge is 0.262 e. The molecule has 0 N–H and O–H groups in total. The van der Waals surface area contributed by atoms with Gasteiger partial charge >= 0.3 is 0 Å². The van der Waals surface area contributed by atoms with Gasteiger partial charge in [0.1, 0.15) is 0 Å². The van der Waals surface area contributed by atoms with Gasteiger partial charge in [-0.2, -0.15) is 0 Å². The molecule has 1 unspecified atom stereocenters. The van der Waals surface area contributed by atoms with Crippen molar-refractivity contribution in [3.8, 4) is 0 Å². The van der Waals surface area contributed by atoms with Crippen molar-refractivity contribution in [1.29, 1.82) is 0 Å². The van der Waals surface area contributed by atoms with E-state index in [1.54, 1.807) is 25.2 Å². The first-order valence-corrected chi connectivity index (χ1v) is 13.9. The van der Waals surface area contributed by atoms with E-state index < -0.39 is 0 Å². The molecule has 0 saturated carbocycles. The molecule has 0 aliphatic rings. The van der Waals surface area contributed by atoms with Crippen molar-refractivity contribution in [2.24, 2.45) is 5.92 Å². The topological polar surface area (TPSA) is 39.1 Å². The average molecular weight is 472 g/mol. The van der Waals surface area contributed by atoms with Crippen LogP contribution in [0.5, 0.6) is 0 Å². The van der Waals surface area contributed by atoms with E-state index in [0.717, 1.165) is 58.0 Å². The Bertz CT molecular complexity index is 1660. The van der Waals surface area contributed by atoms with Crippen LogP contribution in [0.15, 0.2) is 58.1 Å². The fraction of sp³-hybridized carbons (Fsp3) is 0.286. The zero-order valence-corrected chi connectivity index (χ0v) is 20.4. The second-order valence-electron chi connectivity index (χ2n) is 9.05. The molecule has 0 spiro atoms. The standard InChI is InChI=1S/C28H25NO2S2/c1-3-5-10-16(4-2)15-29-27(30)21-17-11-6-8-13-19(17)25-24-23(21)22(28(29)31)18-12-7-9-14-20(18)26(24)33-32-25/h6-9,11-14,16H,3-5,10,15H2,1-2H3. The Kier molecular flexibility index (Phi) is 5.00. The molecule has 0 radical (unpaired) electrons. The van der Waals surface area contributed by atoms with E-state index >= 15 is 0 Å². The number of fused-ring (bicyclic) bond motifs is 6. The molecule has 3 nitrogen and oxygen atoms in total. The van der Waals surface area contributed by atoms with Gasteiger partial charge in [-0.05, 0) is 23.1 Å². The normalized spacial score (nSPS) is 13.3. The van der Waals surface area contributed by atoms with Crippen LogP contribution in [-0.2, 0) is 6.54 Å². The van der Waals surface area contributed by atoms with Crippen LogP contribution in [0.4, 0.5) is 0 Å². The van der Waals surface area contributed by atoms with Crippen LogP contribution < -0.4 is 11.1 Å². The van der Waals surface area contributed by atoms with Gasteiger partial charge in [-0.15, -0.1) is 0 Å². The van der Waals surface area contributed by atoms with Gasteiger partial charge < -0.3 is 0 Å². The molecule has 0 aliphatic heterocycles. The van der Waals surface area contributed by atoms with E-state index in [-0.39, 0.29) is 11.1 Å². The summed E-state index contributed by atoms with van der Waals surface area (Å²) in [5.74, 6) is 0.327. The zero-order chi connectivity index (χ0) is 22.7. The van der Waals surface area contributed by atoms with E-state index in [1.165, 1.54) is 9.40 Å². The number of benzene rings is 4. The van der Waals surface area contributed by atoms with Crippen molar-refractivity contribution < 1.29 is 0 Å². The highest BCUT2D eigenvalue weighted by molar-refractivity contribution is 7.75. The lowest BCUT2D eigenvalue weighted by Gasteiger charge is -2.18. The van der Waals surface area contributed by atoms with Crippen LogP contribution in [0.2, 0.25) is 0 Å². The lowest BCUT2D eigenvalue weighted by molar-refractivity contribution is 0.382. The molecular formula is C28H25NO2S2. The van der Waals surface area contributed by atoms with Crippen molar-refractivity contribution in [3.63, 3.8) is 0 Å². The number of nitrogens with zero attached hydrogens (tertiary/aromatic N) is 1. The Labute approximate surface area is 198 Å². The summed E-state index contributed by atoms with van der Waals surface area (Å²) >= 11 is 0. The van der Waals surface area contributed by atoms with Crippen LogP contribution in [0.25, 0.3) is 52.5 Å². The van der Waals surface area contributed by atoms with Gasteiger partial charge in [0.25, 0.3) is 11.1 Å². The molecule has 33 heavy (non-hydrogen) atoms. The summed E-state index contributed by atoms with van der Waals surface area (Å²) < 4.78 is 3.91. The zero-order valence-electron chi connectivity index (χ0n) is 18.8. The van der Waals surface area contributed by atoms with Gasteiger partial charge in [0, 0.05) is 28.1 Å². The van der Waals surface area contributed by atoms with Gasteiger partial charge in [-0.3, -0.25) is 14.2 Å². The Morgan fingerprint density at radius 2 is 1.24 bits per heavy atom. The molecule has 2 aromatic heterocycles. The molecule has 0 bridgehead atoms. The molecule has 166 valence electrons. The maximum atomic E-state index is 14.0. The van der Waals surface area contributed by atoms with E-state index in [4.69, 9.17) is 0 Å². The second kappa shape index (κ2) is 7.93. The van der Waals surface area contributed by atoms with Gasteiger partial charge in [0.2, 0.25) is 0 Å². The molecule has 5 heteroatoms. The van der Waals surface area contributed by atoms with Crippen LogP contribution in [0.1, 0.15) is 39.5 Å². The highest BCUT2D eigenvalue weighted by atomic mass is 32.9. The lowest BCUT2D eigenvalue weighted by Crippen LogP contribution is -2.35. The number of aromatic nitrogens is 1. The van der Waals surface area contributed by atoms with Gasteiger partial charge in [-0.1, -0.05) is 102 Å². The Balaban J connectivity index is 1.85. The fourth-order valence-electron chi connectivity index (χ4n) is 5.45. The third-order valence-corrected chi connectivity index (χ3v) is 9.71. The minimum atomic E-state index is -0.131. The molecule has 0 amide bonds. The lowest BCUT2D eigenvalue weighted by atomic mass is 9.92. The Morgan fingerprint density at radius 3 is 1.73 bits per heavy atom. The first kappa shape index (κ1) is 20.8. The molecule has 0 fully saturated rings. The van der Waals surface area contributed by atoms with E-state index in [0.29, 0.717) is 23.2 Å². The molecule has 6 aromatic rings. The summed E-state index contributed by atoms with van der Waals surface area (Å²) in [6.07, 6.45) is 4.25. The third kappa shape index (κ3) is 2.92. The van der Waals surface area contributed by atoms with Gasteiger partial charge in [0.15, 0.2) is 0 Å². The van der Waals surface area contributed by atoms with Crippen molar-refractivity contribution in [2.75, 3.05) is 0 Å². The predicted molar refractivity (Wildman–Crippen MR) is 145 cm³/mol. The molecule has 2 heterocycles. The van der Waals surface area contributed by atoms with E-state index in [1.807, 2.05) is 36.4 Å². The maximum absolute atomic E-state index is 14.0. The van der Waals surface area contributed by atoms with Crippen molar-refractivity contribution >= 4 is 73.2 Å². The SMILES string of the molecule is CCCCC(CC)Cn1c(=O)c2c3ccccc3c3ssc4c5ccccc5c(c1=O)c2c34. The maximum Gasteiger partial charge on any atom is 0.262 e. The number of unbranched alkanes of at least 4 members (excludes halogenated alkanes) is 1. The highest BCUT2D eigenvalue weighted by Gasteiger charge is 2.25. The van der Waals surface area contributed by atoms with Crippen molar-refractivity contribution in [3.05, 3.63) is 69.2 Å². The van der Waals surface area contributed by atoms with Gasteiger partial charge in [-0.25, -0.2) is 0 Å². The molecule has 1 atom stereocenters. The Morgan fingerprint density at radius 1 is 0.727 bits per heavy atom. The highest BCUT2D eigenvalue weighted by Crippen LogP contribution is 2.47. The number of hydrogen-bond acceptors (Lipinski definition) is 4. The largest absolute Gasteiger partial charge is 0.274 e. The summed E-state index contributed by atoms with van der Waals surface area (Å²) in [6, 6.07) is 16.4. The van der Waals surface area contributed by atoms with Crippen LogP contribution >= 0.6 is 20.7 Å². The van der Waals surface area contributed by atoms with Gasteiger partial charge in [0.05, 0.1) is 20.2 Å². The van der Waals surface area contributed by atoms with E-state index in [9.17, 15) is 9.59 Å². The molecule has 6 rings (SSSR count). The monoisotopic (exact) mass is 471 g/mol. The summed E-state index contributed by atoms with van der Waals surface area (Å²) in [5, 5.41) is 7.51. The molecule has 4 aromatic carbocycles. The van der Waals surface area contributed by atoms with Crippen molar-refractivity contribution in [2.45, 2.75) is 46.1 Å². The quantitative estimate of drug-likeness (QED) is 0.141. The third-order valence-electron chi connectivity index (χ3n) is 7.20. The van der Waals surface area contributed by atoms with Crippen LogP contribution in [0, 0.1) is 5.92 Å². The Hall–Kier alpha value is -2.76. The number of pyridine rings is 1. The number of hydrogen-bond donors (Lipinski definition) is 0. The van der Waals surface area contributed by atoms with Crippen molar-refractivity contribution in [1.82, 2.24) is 4.57 Å². The molecule has 0 aliphatic carbocycles. The molecular weight excluding hydrogens is 446 g/mol. The summed E-state index contributed by atoms with van der Waals surface area (Å²) in [4.78, 5) is 28.0. The minimum absolute atomic E-state index is 0.131. The summed E-state index contributed by atoms with van der Waals surface area (Å²) in [5.41, 5.74) is -0.262.